The van der Waals surface area contributed by atoms with Gasteiger partial charge in [-0.15, -0.1) is 0 Å². The minimum atomic E-state index is -0.949. The second-order valence-corrected chi connectivity index (χ2v) is 6.48. The van der Waals surface area contributed by atoms with Gasteiger partial charge in [0.05, 0.1) is 17.5 Å². The summed E-state index contributed by atoms with van der Waals surface area (Å²) in [5.41, 5.74) is 1.35. The van der Waals surface area contributed by atoms with Crippen LogP contribution >= 0.6 is 0 Å². The van der Waals surface area contributed by atoms with Crippen LogP contribution in [0.4, 0.5) is 5.69 Å². The highest BCUT2D eigenvalue weighted by Gasteiger charge is 2.24. The monoisotopic (exact) mass is 406 g/mol. The van der Waals surface area contributed by atoms with Crippen molar-refractivity contribution in [3.63, 3.8) is 0 Å². The smallest absolute Gasteiger partial charge is 0.341 e. The second-order valence-electron chi connectivity index (χ2n) is 6.48. The molecule has 0 saturated carbocycles. The molecule has 0 fully saturated rings. The molecule has 154 valence electrons. The van der Waals surface area contributed by atoms with E-state index in [-0.39, 0.29) is 22.9 Å². The first-order valence-corrected chi connectivity index (χ1v) is 9.55. The molecule has 3 rings (SSSR count). The fourth-order valence-electron chi connectivity index (χ4n) is 2.78. The van der Waals surface area contributed by atoms with Gasteiger partial charge in [0.15, 0.2) is 11.9 Å². The molecule has 7 heteroatoms. The zero-order valence-corrected chi connectivity index (χ0v) is 16.5. The van der Waals surface area contributed by atoms with E-state index in [1.54, 1.807) is 31.2 Å². The number of anilines is 1. The number of furan rings is 1. The van der Waals surface area contributed by atoms with E-state index < -0.39 is 18.0 Å². The maximum Gasteiger partial charge on any atom is 0.341 e. The van der Waals surface area contributed by atoms with Crippen molar-refractivity contribution in [1.29, 1.82) is 0 Å². The normalized spacial score (nSPS) is 11.4. The number of nitrogens with one attached hydrogen (secondary N) is 2. The summed E-state index contributed by atoms with van der Waals surface area (Å²) >= 11 is 0. The van der Waals surface area contributed by atoms with Crippen LogP contribution in [0.1, 0.15) is 39.8 Å². The van der Waals surface area contributed by atoms with Gasteiger partial charge in [0.2, 0.25) is 0 Å². The standard InChI is InChI=1S/C23H22N2O5/c1-2-19(21(26)24-15-16-9-4-3-5-10-16)30-23(28)17-11-6-7-12-18(17)25-22(27)20-13-8-14-29-20/h3-14,19H,2,15H2,1H3,(H,24,26)(H,25,27). The van der Waals surface area contributed by atoms with E-state index >= 15 is 0 Å². The molecule has 30 heavy (non-hydrogen) atoms. The summed E-state index contributed by atoms with van der Waals surface area (Å²) in [5.74, 6) is -1.46. The van der Waals surface area contributed by atoms with E-state index in [0.29, 0.717) is 13.0 Å². The van der Waals surface area contributed by atoms with E-state index in [1.165, 1.54) is 18.4 Å². The highest BCUT2D eigenvalue weighted by atomic mass is 16.5. The number of hydrogen-bond donors (Lipinski definition) is 2. The molecule has 0 aliphatic rings. The molecule has 0 aliphatic heterocycles. The third kappa shape index (κ3) is 5.35. The zero-order valence-electron chi connectivity index (χ0n) is 16.5. The van der Waals surface area contributed by atoms with Gasteiger partial charge in [0.1, 0.15) is 0 Å². The van der Waals surface area contributed by atoms with Crippen LogP contribution < -0.4 is 10.6 Å². The lowest BCUT2D eigenvalue weighted by molar-refractivity contribution is -0.130. The van der Waals surface area contributed by atoms with Crippen LogP contribution in [0.15, 0.2) is 77.4 Å². The largest absolute Gasteiger partial charge is 0.459 e. The number of hydrogen-bond acceptors (Lipinski definition) is 5. The quantitative estimate of drug-likeness (QED) is 0.555. The lowest BCUT2D eigenvalue weighted by atomic mass is 10.1. The van der Waals surface area contributed by atoms with E-state index in [2.05, 4.69) is 10.6 Å². The molecule has 3 aromatic rings. The summed E-state index contributed by atoms with van der Waals surface area (Å²) < 4.78 is 10.5. The first-order chi connectivity index (χ1) is 14.6. The minimum absolute atomic E-state index is 0.116. The van der Waals surface area contributed by atoms with Gasteiger partial charge < -0.3 is 19.8 Å². The van der Waals surface area contributed by atoms with Crippen LogP contribution in [0.5, 0.6) is 0 Å². The molecule has 1 unspecified atom stereocenters. The summed E-state index contributed by atoms with van der Waals surface area (Å²) in [6.07, 6.45) is 0.748. The SMILES string of the molecule is CCC(OC(=O)c1ccccc1NC(=O)c1ccco1)C(=O)NCc1ccccc1. The third-order valence-corrected chi connectivity index (χ3v) is 4.36. The lowest BCUT2D eigenvalue weighted by Gasteiger charge is -2.17. The summed E-state index contributed by atoms with van der Waals surface area (Å²) in [5, 5.41) is 5.40. The topological polar surface area (TPSA) is 97.6 Å². The highest BCUT2D eigenvalue weighted by Crippen LogP contribution is 2.19. The molecule has 7 nitrogen and oxygen atoms in total. The van der Waals surface area contributed by atoms with Crippen LogP contribution in [-0.4, -0.2) is 23.9 Å². The molecule has 0 saturated heterocycles. The molecule has 0 bridgehead atoms. The van der Waals surface area contributed by atoms with Gasteiger partial charge in [-0.1, -0.05) is 49.4 Å². The van der Waals surface area contributed by atoms with Gasteiger partial charge in [0.25, 0.3) is 11.8 Å². The number of amides is 2. The Balaban J connectivity index is 1.65. The first-order valence-electron chi connectivity index (χ1n) is 9.55. The number of benzene rings is 2. The van der Waals surface area contributed by atoms with Crippen molar-refractivity contribution in [2.45, 2.75) is 26.0 Å². The number of carbonyl (C=O) groups excluding carboxylic acids is 3. The molecule has 0 aliphatic carbocycles. The van der Waals surface area contributed by atoms with Crippen molar-refractivity contribution in [2.24, 2.45) is 0 Å². The summed E-state index contributed by atoms with van der Waals surface area (Å²) in [7, 11) is 0. The Hall–Kier alpha value is -3.87. The van der Waals surface area contributed by atoms with Gasteiger partial charge in [0, 0.05) is 6.54 Å². The van der Waals surface area contributed by atoms with Crippen LogP contribution in [0.3, 0.4) is 0 Å². The van der Waals surface area contributed by atoms with Crippen LogP contribution in [0.25, 0.3) is 0 Å². The number of para-hydroxylation sites is 1. The Morgan fingerprint density at radius 1 is 0.967 bits per heavy atom. The van der Waals surface area contributed by atoms with E-state index in [9.17, 15) is 14.4 Å². The molecule has 2 N–H and O–H groups in total. The predicted molar refractivity (Wildman–Crippen MR) is 111 cm³/mol. The van der Waals surface area contributed by atoms with E-state index in [0.717, 1.165) is 5.56 Å². The molecule has 2 amide bonds. The van der Waals surface area contributed by atoms with Crippen molar-refractivity contribution in [2.75, 3.05) is 5.32 Å². The van der Waals surface area contributed by atoms with Gasteiger partial charge >= 0.3 is 5.97 Å². The molecule has 2 aromatic carbocycles. The second kappa shape index (κ2) is 10.1. The Kier molecular flexibility index (Phi) is 7.00. The van der Waals surface area contributed by atoms with E-state index in [4.69, 9.17) is 9.15 Å². The summed E-state index contributed by atoms with van der Waals surface area (Å²) in [4.78, 5) is 37.4. The molecular formula is C23H22N2O5. The number of carbonyl (C=O) groups is 3. The van der Waals surface area contributed by atoms with Crippen molar-refractivity contribution >= 4 is 23.5 Å². The Morgan fingerprint density at radius 2 is 1.70 bits per heavy atom. The average Bonchev–Trinajstić information content (AvgIpc) is 3.32. The highest BCUT2D eigenvalue weighted by molar-refractivity contribution is 6.07. The fourth-order valence-corrected chi connectivity index (χ4v) is 2.78. The van der Waals surface area contributed by atoms with Crippen LogP contribution in [-0.2, 0) is 16.1 Å². The number of esters is 1. The maximum atomic E-state index is 12.7. The molecule has 1 aromatic heterocycles. The van der Waals surface area contributed by atoms with Crippen molar-refractivity contribution < 1.29 is 23.5 Å². The summed E-state index contributed by atoms with van der Waals surface area (Å²) in [6.45, 7) is 2.09. The van der Waals surface area contributed by atoms with Crippen molar-refractivity contribution in [3.05, 3.63) is 89.9 Å². The Bertz CT molecular complexity index is 999. The van der Waals surface area contributed by atoms with Crippen molar-refractivity contribution in [3.8, 4) is 0 Å². The zero-order chi connectivity index (χ0) is 21.3. The fraction of sp³-hybridized carbons (Fsp3) is 0.174. The molecular weight excluding hydrogens is 384 g/mol. The average molecular weight is 406 g/mol. The first kappa shape index (κ1) is 20.9. The van der Waals surface area contributed by atoms with Crippen LogP contribution in [0, 0.1) is 0 Å². The Morgan fingerprint density at radius 3 is 2.40 bits per heavy atom. The third-order valence-electron chi connectivity index (χ3n) is 4.36. The van der Waals surface area contributed by atoms with Gasteiger partial charge in [-0.05, 0) is 36.2 Å². The minimum Gasteiger partial charge on any atom is -0.459 e. The summed E-state index contributed by atoms with van der Waals surface area (Å²) in [6, 6.07) is 19.0. The molecule has 0 spiro atoms. The lowest BCUT2D eigenvalue weighted by Crippen LogP contribution is -2.37. The van der Waals surface area contributed by atoms with Gasteiger partial charge in [-0.25, -0.2) is 4.79 Å². The number of ether oxygens (including phenoxy) is 1. The van der Waals surface area contributed by atoms with Crippen molar-refractivity contribution in [1.82, 2.24) is 5.32 Å². The Labute approximate surface area is 174 Å². The molecule has 0 radical (unpaired) electrons. The van der Waals surface area contributed by atoms with Gasteiger partial charge in [-0.3, -0.25) is 9.59 Å². The van der Waals surface area contributed by atoms with Gasteiger partial charge in [-0.2, -0.15) is 0 Å². The van der Waals surface area contributed by atoms with Crippen LogP contribution in [0.2, 0.25) is 0 Å². The number of rotatable bonds is 8. The predicted octanol–water partition coefficient (Wildman–Crippen LogP) is 3.78. The maximum absolute atomic E-state index is 12.7. The molecule has 1 atom stereocenters. The van der Waals surface area contributed by atoms with E-state index in [1.807, 2.05) is 30.3 Å². The molecule has 1 heterocycles.